The summed E-state index contributed by atoms with van der Waals surface area (Å²) in [5.41, 5.74) is 26.9. The zero-order valence-electron chi connectivity index (χ0n) is 27.1. The zero-order valence-corrected chi connectivity index (χ0v) is 27.1. The second-order valence-corrected chi connectivity index (χ2v) is 11.7. The number of nitrogens with one attached hydrogen (secondary N) is 4. The van der Waals surface area contributed by atoms with Gasteiger partial charge in [-0.05, 0) is 172 Å². The van der Waals surface area contributed by atoms with Crippen molar-refractivity contribution in [2.75, 3.05) is 78.5 Å². The molecule has 12 N–H and O–H groups in total. The molecule has 0 unspecified atom stereocenters. The van der Waals surface area contributed by atoms with Gasteiger partial charge in [0.2, 0.25) is 0 Å². The fourth-order valence-corrected chi connectivity index (χ4v) is 5.13. The Hall–Kier alpha value is -1.14. The monoisotopic (exact) mass is 592 g/mol. The van der Waals surface area contributed by atoms with Gasteiger partial charge in [0, 0.05) is 19.6 Å². The van der Waals surface area contributed by atoms with E-state index in [-0.39, 0.29) is 0 Å². The molecule has 0 aliphatic rings. The number of rotatable bonds is 32. The molecule has 1 aromatic carbocycles. The van der Waals surface area contributed by atoms with Crippen LogP contribution in [0.5, 0.6) is 0 Å². The van der Waals surface area contributed by atoms with Crippen molar-refractivity contribution in [1.82, 2.24) is 26.2 Å². The van der Waals surface area contributed by atoms with Crippen molar-refractivity contribution >= 4 is 0 Å². The quantitative estimate of drug-likeness (QED) is 0.0590. The average Bonchev–Trinajstić information content (AvgIpc) is 2.99. The number of benzene rings is 1. The van der Waals surface area contributed by atoms with Crippen molar-refractivity contribution in [3.63, 3.8) is 0 Å². The van der Waals surface area contributed by atoms with Gasteiger partial charge in [0.05, 0.1) is 0 Å². The average molecular weight is 592 g/mol. The second-order valence-electron chi connectivity index (χ2n) is 11.7. The summed E-state index contributed by atoms with van der Waals surface area (Å²) < 4.78 is 0. The summed E-state index contributed by atoms with van der Waals surface area (Å²) in [4.78, 5) is 2.59. The third-order valence-electron chi connectivity index (χ3n) is 7.56. The number of unbranched alkanes of at least 4 members (excludes halogenated alkanes) is 6. The van der Waals surface area contributed by atoms with E-state index >= 15 is 0 Å². The Morgan fingerprint density at radius 1 is 0.405 bits per heavy atom. The first-order chi connectivity index (χ1) is 20.7. The number of nitrogens with two attached hydrogens (primary N) is 4. The van der Waals surface area contributed by atoms with Crippen LogP contribution in [0, 0.1) is 0 Å². The number of nitrogens with zero attached hydrogens (tertiary/aromatic N) is 1. The van der Waals surface area contributed by atoms with Gasteiger partial charge in [0.25, 0.3) is 0 Å². The first-order valence-electron chi connectivity index (χ1n) is 17.2. The van der Waals surface area contributed by atoms with E-state index in [2.05, 4.69) is 44.4 Å². The molecule has 42 heavy (non-hydrogen) atoms. The Balaban J connectivity index is 2.59. The standard InChI is InChI=1S/C33H69N9/c34-13-1-5-17-38-19-7-9-21-40-28-31-25-32(29-41-22-10-8-20-39-18-6-2-14-35)27-33(26-31)30-42(23-11-3-15-36)24-12-4-16-37/h25-27,38-41H,1-24,28-30,34-37H2. The summed E-state index contributed by atoms with van der Waals surface area (Å²) in [6.45, 7) is 14.6. The van der Waals surface area contributed by atoms with E-state index in [1.165, 1.54) is 55.2 Å². The van der Waals surface area contributed by atoms with Gasteiger partial charge in [-0.1, -0.05) is 18.2 Å². The number of hydrogen-bond acceptors (Lipinski definition) is 9. The molecule has 0 aliphatic carbocycles. The maximum Gasteiger partial charge on any atom is 0.0233 e. The van der Waals surface area contributed by atoms with E-state index in [1.807, 2.05) is 0 Å². The van der Waals surface area contributed by atoms with Crippen molar-refractivity contribution in [3.05, 3.63) is 34.9 Å². The fourth-order valence-electron chi connectivity index (χ4n) is 5.13. The van der Waals surface area contributed by atoms with Crippen LogP contribution in [0.1, 0.15) is 93.7 Å². The maximum atomic E-state index is 5.78. The van der Waals surface area contributed by atoms with E-state index < -0.39 is 0 Å². The summed E-state index contributed by atoms with van der Waals surface area (Å²) in [5.74, 6) is 0. The molecule has 1 aromatic rings. The van der Waals surface area contributed by atoms with Gasteiger partial charge in [-0.3, -0.25) is 4.90 Å². The normalized spacial score (nSPS) is 11.6. The summed E-state index contributed by atoms with van der Waals surface area (Å²) in [6.07, 6.45) is 13.8. The van der Waals surface area contributed by atoms with Crippen molar-refractivity contribution in [1.29, 1.82) is 0 Å². The molecule has 0 heterocycles. The Morgan fingerprint density at radius 3 is 1.14 bits per heavy atom. The minimum absolute atomic E-state index is 0.766. The summed E-state index contributed by atoms with van der Waals surface area (Å²) in [6, 6.07) is 7.20. The van der Waals surface area contributed by atoms with Crippen LogP contribution in [0.3, 0.4) is 0 Å². The van der Waals surface area contributed by atoms with E-state index in [4.69, 9.17) is 22.9 Å². The molecule has 0 aliphatic heterocycles. The van der Waals surface area contributed by atoms with Crippen LogP contribution in [0.4, 0.5) is 0 Å². The van der Waals surface area contributed by atoms with Crippen LogP contribution in [-0.4, -0.2) is 83.4 Å². The molecule has 0 saturated carbocycles. The van der Waals surface area contributed by atoms with Gasteiger partial charge in [-0.2, -0.15) is 0 Å². The lowest BCUT2D eigenvalue weighted by Gasteiger charge is -2.23. The molecule has 246 valence electrons. The highest BCUT2D eigenvalue weighted by Gasteiger charge is 2.09. The molecule has 9 nitrogen and oxygen atoms in total. The van der Waals surface area contributed by atoms with E-state index in [0.29, 0.717) is 0 Å². The molecule has 0 saturated heterocycles. The van der Waals surface area contributed by atoms with E-state index in [0.717, 1.165) is 137 Å². The molecule has 1 rings (SSSR count). The molecule has 0 radical (unpaired) electrons. The van der Waals surface area contributed by atoms with Gasteiger partial charge in [0.15, 0.2) is 0 Å². The highest BCUT2D eigenvalue weighted by atomic mass is 15.1. The lowest BCUT2D eigenvalue weighted by atomic mass is 10.0. The summed E-state index contributed by atoms with van der Waals surface area (Å²) in [5, 5.41) is 14.4. The molecule has 0 amide bonds. The smallest absolute Gasteiger partial charge is 0.0233 e. The molecule has 0 spiro atoms. The topological polar surface area (TPSA) is 155 Å². The minimum atomic E-state index is 0.766. The van der Waals surface area contributed by atoms with Crippen LogP contribution in [0.25, 0.3) is 0 Å². The van der Waals surface area contributed by atoms with Crippen LogP contribution in [-0.2, 0) is 19.6 Å². The molecule has 0 aromatic heterocycles. The SMILES string of the molecule is NCCCCNCCCCNCc1cc(CNCCCCNCCCCN)cc(CN(CCCCN)CCCCN)c1. The summed E-state index contributed by atoms with van der Waals surface area (Å²) >= 11 is 0. The van der Waals surface area contributed by atoms with Gasteiger partial charge in [0.1, 0.15) is 0 Å². The summed E-state index contributed by atoms with van der Waals surface area (Å²) in [7, 11) is 0. The van der Waals surface area contributed by atoms with Crippen LogP contribution in [0.15, 0.2) is 18.2 Å². The lowest BCUT2D eigenvalue weighted by Crippen LogP contribution is -2.27. The van der Waals surface area contributed by atoms with Crippen LogP contribution in [0.2, 0.25) is 0 Å². The lowest BCUT2D eigenvalue weighted by molar-refractivity contribution is 0.255. The molecule has 0 atom stereocenters. The minimum Gasteiger partial charge on any atom is -0.330 e. The van der Waals surface area contributed by atoms with Crippen molar-refractivity contribution < 1.29 is 0 Å². The Morgan fingerprint density at radius 2 is 0.738 bits per heavy atom. The van der Waals surface area contributed by atoms with Crippen LogP contribution < -0.4 is 44.2 Å². The Labute approximate surface area is 259 Å². The van der Waals surface area contributed by atoms with Gasteiger partial charge in [-0.25, -0.2) is 0 Å². The maximum absolute atomic E-state index is 5.78. The van der Waals surface area contributed by atoms with Gasteiger partial charge >= 0.3 is 0 Å². The number of hydrogen-bond donors (Lipinski definition) is 8. The predicted molar refractivity (Wildman–Crippen MR) is 182 cm³/mol. The van der Waals surface area contributed by atoms with Crippen molar-refractivity contribution in [3.8, 4) is 0 Å². The van der Waals surface area contributed by atoms with Crippen molar-refractivity contribution in [2.24, 2.45) is 22.9 Å². The fraction of sp³-hybridized carbons (Fsp3) is 0.818. The molecule has 9 heteroatoms. The van der Waals surface area contributed by atoms with Gasteiger partial charge in [-0.15, -0.1) is 0 Å². The highest BCUT2D eigenvalue weighted by molar-refractivity contribution is 5.30. The van der Waals surface area contributed by atoms with E-state index in [9.17, 15) is 0 Å². The van der Waals surface area contributed by atoms with Gasteiger partial charge < -0.3 is 44.2 Å². The van der Waals surface area contributed by atoms with Crippen LogP contribution >= 0.6 is 0 Å². The Bertz CT molecular complexity index is 652. The molecule has 0 fully saturated rings. The Kier molecular flexibility index (Phi) is 27.7. The first kappa shape index (κ1) is 38.9. The van der Waals surface area contributed by atoms with Crippen molar-refractivity contribution in [2.45, 2.75) is 96.7 Å². The predicted octanol–water partition coefficient (Wildman–Crippen LogP) is 2.36. The van der Waals surface area contributed by atoms with E-state index in [1.54, 1.807) is 0 Å². The molecular weight excluding hydrogens is 522 g/mol. The molecular formula is C33H69N9. The molecule has 0 bridgehead atoms. The second kappa shape index (κ2) is 29.9. The zero-order chi connectivity index (χ0) is 30.4. The third kappa shape index (κ3) is 23.3. The third-order valence-corrected chi connectivity index (χ3v) is 7.56. The largest absolute Gasteiger partial charge is 0.330 e. The highest BCUT2D eigenvalue weighted by Crippen LogP contribution is 2.15. The first-order valence-corrected chi connectivity index (χ1v) is 17.2.